The Morgan fingerprint density at radius 2 is 1.44 bits per heavy atom. The van der Waals surface area contributed by atoms with E-state index in [0.717, 1.165) is 5.56 Å². The average Bonchev–Trinajstić information content (AvgIpc) is 2.86. The number of nitrogens with one attached hydrogen (secondary N) is 4. The van der Waals surface area contributed by atoms with Crippen molar-refractivity contribution in [2.24, 2.45) is 44.6 Å². The van der Waals surface area contributed by atoms with Gasteiger partial charge >= 0.3 is 0 Å². The molecule has 216 valence electrons. The van der Waals surface area contributed by atoms with Crippen LogP contribution in [0.4, 0.5) is 0 Å². The Morgan fingerprint density at radius 1 is 0.846 bits per heavy atom. The number of amidine groups is 1. The third kappa shape index (κ3) is 13.7. The van der Waals surface area contributed by atoms with Crippen LogP contribution in [0.3, 0.4) is 0 Å². The Labute approximate surface area is 229 Å². The molecule has 2 atom stereocenters. The normalized spacial score (nSPS) is 12.1. The van der Waals surface area contributed by atoms with Gasteiger partial charge in [0, 0.05) is 31.6 Å². The molecule has 14 nitrogen and oxygen atoms in total. The standard InChI is InChI=1S/C25H43N11O3/c1-15(2)20(36-19(37)7-3-4-12-32-24(28)29)23(39)35-18(6-5-13-33-25(30)31)22(38)34-14-16-8-10-17(11-9-16)21(26)27/h8-11,15,18,20H,3-7,12-14H2,1-2H3,(H3,26,27)(H,34,38)(H,35,39)(H,36,37)(H4,28,29,32)(H4,30,31,33)/t18-,20-/m0/s1. The summed E-state index contributed by atoms with van der Waals surface area (Å²) in [6.45, 7) is 4.53. The summed E-state index contributed by atoms with van der Waals surface area (Å²) in [5, 5.41) is 15.8. The van der Waals surface area contributed by atoms with Gasteiger partial charge in [0.2, 0.25) is 17.7 Å². The summed E-state index contributed by atoms with van der Waals surface area (Å²) >= 11 is 0. The topological polar surface area (TPSA) is 266 Å². The number of rotatable bonds is 17. The van der Waals surface area contributed by atoms with E-state index in [9.17, 15) is 14.4 Å². The number of nitrogen functional groups attached to an aromatic ring is 1. The molecule has 0 aliphatic rings. The van der Waals surface area contributed by atoms with Crippen molar-refractivity contribution in [3.05, 3.63) is 35.4 Å². The van der Waals surface area contributed by atoms with Crippen molar-refractivity contribution < 1.29 is 14.4 Å². The maximum absolute atomic E-state index is 13.2. The molecular formula is C25H43N11O3. The van der Waals surface area contributed by atoms with E-state index in [1.807, 2.05) is 13.8 Å². The third-order valence-corrected chi connectivity index (χ3v) is 5.68. The van der Waals surface area contributed by atoms with Crippen molar-refractivity contribution in [3.63, 3.8) is 0 Å². The number of hydrogen-bond donors (Lipinski definition) is 9. The van der Waals surface area contributed by atoms with Gasteiger partial charge in [-0.2, -0.15) is 0 Å². The first kappa shape index (κ1) is 32.7. The molecule has 0 saturated carbocycles. The molecule has 0 aliphatic heterocycles. The maximum Gasteiger partial charge on any atom is 0.243 e. The van der Waals surface area contributed by atoms with Crippen LogP contribution in [0.25, 0.3) is 0 Å². The highest BCUT2D eigenvalue weighted by atomic mass is 16.2. The van der Waals surface area contributed by atoms with Crippen LogP contribution >= 0.6 is 0 Å². The Hall–Kier alpha value is -4.36. The lowest BCUT2D eigenvalue weighted by atomic mass is 10.0. The van der Waals surface area contributed by atoms with Crippen LogP contribution < -0.4 is 44.6 Å². The van der Waals surface area contributed by atoms with Gasteiger partial charge in [-0.25, -0.2) is 0 Å². The molecule has 0 aliphatic carbocycles. The van der Waals surface area contributed by atoms with E-state index in [-0.39, 0.29) is 49.0 Å². The molecule has 1 aromatic rings. The average molecular weight is 546 g/mol. The van der Waals surface area contributed by atoms with Gasteiger partial charge in [0.1, 0.15) is 17.9 Å². The molecule has 0 aromatic heterocycles. The van der Waals surface area contributed by atoms with Crippen molar-refractivity contribution in [1.82, 2.24) is 16.0 Å². The Kier molecular flexibility index (Phi) is 14.4. The van der Waals surface area contributed by atoms with Gasteiger partial charge in [0.25, 0.3) is 0 Å². The molecule has 39 heavy (non-hydrogen) atoms. The van der Waals surface area contributed by atoms with Crippen molar-refractivity contribution in [2.75, 3.05) is 13.1 Å². The maximum atomic E-state index is 13.2. The number of carbonyl (C=O) groups is 3. The van der Waals surface area contributed by atoms with Crippen molar-refractivity contribution in [1.29, 1.82) is 5.41 Å². The van der Waals surface area contributed by atoms with Crippen LogP contribution in [0.1, 0.15) is 57.1 Å². The first-order valence-electron chi connectivity index (χ1n) is 12.8. The quantitative estimate of drug-likeness (QED) is 0.0644. The zero-order valence-corrected chi connectivity index (χ0v) is 22.7. The van der Waals surface area contributed by atoms with Crippen LogP contribution in [0.15, 0.2) is 34.3 Å². The second-order valence-corrected chi connectivity index (χ2v) is 9.39. The van der Waals surface area contributed by atoms with E-state index in [4.69, 9.17) is 34.1 Å². The molecule has 14 N–H and O–H groups in total. The number of nitrogens with two attached hydrogens (primary N) is 5. The van der Waals surface area contributed by atoms with Gasteiger partial charge in [-0.3, -0.25) is 29.8 Å². The molecule has 1 rings (SSSR count). The minimum absolute atomic E-state index is 0.00114. The molecule has 3 amide bonds. The van der Waals surface area contributed by atoms with Gasteiger partial charge in [-0.05, 0) is 37.2 Å². The zero-order valence-electron chi connectivity index (χ0n) is 22.7. The molecule has 0 saturated heterocycles. The van der Waals surface area contributed by atoms with Crippen LogP contribution in [0, 0.1) is 11.3 Å². The summed E-state index contributed by atoms with van der Waals surface area (Å²) in [4.78, 5) is 46.5. The molecule has 1 aromatic carbocycles. The van der Waals surface area contributed by atoms with E-state index < -0.39 is 23.9 Å². The van der Waals surface area contributed by atoms with E-state index >= 15 is 0 Å². The van der Waals surface area contributed by atoms with Gasteiger partial charge in [-0.15, -0.1) is 0 Å². The highest BCUT2D eigenvalue weighted by molar-refractivity contribution is 5.95. The van der Waals surface area contributed by atoms with Gasteiger partial charge in [-0.1, -0.05) is 38.1 Å². The Bertz CT molecular complexity index is 1010. The highest BCUT2D eigenvalue weighted by Crippen LogP contribution is 2.08. The van der Waals surface area contributed by atoms with E-state index in [1.165, 1.54) is 0 Å². The highest BCUT2D eigenvalue weighted by Gasteiger charge is 2.28. The minimum atomic E-state index is -0.874. The monoisotopic (exact) mass is 545 g/mol. The summed E-state index contributed by atoms with van der Waals surface area (Å²) in [6.07, 6.45) is 2.11. The van der Waals surface area contributed by atoms with Crippen molar-refractivity contribution >= 4 is 35.5 Å². The number of amides is 3. The lowest BCUT2D eigenvalue weighted by molar-refractivity contribution is -0.133. The second kappa shape index (κ2) is 17.2. The summed E-state index contributed by atoms with van der Waals surface area (Å²) in [7, 11) is 0. The first-order valence-corrected chi connectivity index (χ1v) is 12.8. The Balaban J connectivity index is 2.81. The summed E-state index contributed by atoms with van der Waals surface area (Å²) in [5.74, 6) is -1.47. The number of benzene rings is 1. The lowest BCUT2D eigenvalue weighted by Crippen LogP contribution is -2.55. The predicted octanol–water partition coefficient (Wildman–Crippen LogP) is -1.29. The second-order valence-electron chi connectivity index (χ2n) is 9.39. The summed E-state index contributed by atoms with van der Waals surface area (Å²) in [6, 6.07) is 5.18. The number of hydrogen-bond acceptors (Lipinski definition) is 6. The smallest absolute Gasteiger partial charge is 0.243 e. The molecule has 0 bridgehead atoms. The van der Waals surface area contributed by atoms with Crippen molar-refractivity contribution in [3.8, 4) is 0 Å². The number of nitrogens with zero attached hydrogens (tertiary/aromatic N) is 2. The molecule has 14 heteroatoms. The van der Waals surface area contributed by atoms with Crippen molar-refractivity contribution in [2.45, 2.75) is 64.6 Å². The van der Waals surface area contributed by atoms with Gasteiger partial charge in [0.05, 0.1) is 0 Å². The molecule has 0 fully saturated rings. The minimum Gasteiger partial charge on any atom is -0.384 e. The zero-order chi connectivity index (χ0) is 29.4. The summed E-state index contributed by atoms with van der Waals surface area (Å²) in [5.41, 5.74) is 28.2. The number of unbranched alkanes of at least 4 members (excludes halogenated alkanes) is 1. The SMILES string of the molecule is CC(C)[C@H](NC(=O)CCCCN=C(N)N)C(=O)N[C@@H](CCCN=C(N)N)C(=O)NCc1ccc(C(=N)N)cc1. The van der Waals surface area contributed by atoms with Gasteiger partial charge in [0.15, 0.2) is 11.9 Å². The number of carbonyl (C=O) groups excluding carboxylic acids is 3. The molecule has 0 unspecified atom stereocenters. The third-order valence-electron chi connectivity index (χ3n) is 5.68. The number of guanidine groups is 2. The molecular weight excluding hydrogens is 502 g/mol. The van der Waals surface area contributed by atoms with Crippen LogP contribution in [0.5, 0.6) is 0 Å². The first-order chi connectivity index (χ1) is 18.4. The fraction of sp³-hybridized carbons (Fsp3) is 0.520. The molecule has 0 heterocycles. The number of aliphatic imine (C=N–C) groups is 2. The fourth-order valence-electron chi connectivity index (χ4n) is 3.53. The van der Waals surface area contributed by atoms with Crippen LogP contribution in [0.2, 0.25) is 0 Å². The van der Waals surface area contributed by atoms with E-state index in [0.29, 0.717) is 37.9 Å². The van der Waals surface area contributed by atoms with E-state index in [2.05, 4.69) is 25.9 Å². The molecule has 0 radical (unpaired) electrons. The van der Waals surface area contributed by atoms with Gasteiger partial charge < -0.3 is 44.6 Å². The largest absolute Gasteiger partial charge is 0.384 e. The lowest BCUT2D eigenvalue weighted by Gasteiger charge is -2.25. The van der Waals surface area contributed by atoms with Crippen LogP contribution in [-0.4, -0.2) is 60.6 Å². The van der Waals surface area contributed by atoms with Crippen LogP contribution in [-0.2, 0) is 20.9 Å². The van der Waals surface area contributed by atoms with E-state index in [1.54, 1.807) is 24.3 Å². The predicted molar refractivity (Wildman–Crippen MR) is 152 cm³/mol. The summed E-state index contributed by atoms with van der Waals surface area (Å²) < 4.78 is 0. The Morgan fingerprint density at radius 3 is 1.97 bits per heavy atom. The molecule has 0 spiro atoms. The fourth-order valence-corrected chi connectivity index (χ4v) is 3.53.